The van der Waals surface area contributed by atoms with Gasteiger partial charge in [-0.3, -0.25) is 4.79 Å². The molecule has 1 aliphatic rings. The van der Waals surface area contributed by atoms with Gasteiger partial charge >= 0.3 is 0 Å². The lowest BCUT2D eigenvalue weighted by Crippen LogP contribution is -2.46. The second kappa shape index (κ2) is 5.43. The Morgan fingerprint density at radius 2 is 2.00 bits per heavy atom. The van der Waals surface area contributed by atoms with Crippen LogP contribution in [0.3, 0.4) is 0 Å². The summed E-state index contributed by atoms with van der Waals surface area (Å²) in [5.41, 5.74) is 0.123. The summed E-state index contributed by atoms with van der Waals surface area (Å²) < 4.78 is 15.4. The molecular formula is C12H14FN7O. The number of anilines is 1. The summed E-state index contributed by atoms with van der Waals surface area (Å²) in [6, 6.07) is 0. The number of aromatic nitrogens is 5. The number of aryl methyl sites for hydroxylation is 1. The fraction of sp³-hybridized carbons (Fsp3) is 0.417. The Balaban J connectivity index is 1.88. The van der Waals surface area contributed by atoms with Crippen LogP contribution in [0.15, 0.2) is 12.5 Å². The van der Waals surface area contributed by atoms with Crippen LogP contribution in [0.1, 0.15) is 0 Å². The van der Waals surface area contributed by atoms with Crippen LogP contribution < -0.4 is 4.90 Å². The topological polar surface area (TPSA) is 80.0 Å². The van der Waals surface area contributed by atoms with Crippen molar-refractivity contribution in [3.05, 3.63) is 18.3 Å². The SMILES string of the molecule is Cn1ncnc1-c1nc(N2CCN(C=O)CC2)ncc1F. The highest BCUT2D eigenvalue weighted by Gasteiger charge is 2.20. The molecule has 0 spiro atoms. The lowest BCUT2D eigenvalue weighted by molar-refractivity contribution is -0.118. The molecule has 1 amide bonds. The molecule has 8 nitrogen and oxygen atoms in total. The van der Waals surface area contributed by atoms with E-state index in [9.17, 15) is 9.18 Å². The van der Waals surface area contributed by atoms with Crippen molar-refractivity contribution >= 4 is 12.4 Å². The van der Waals surface area contributed by atoms with Gasteiger partial charge in [0.1, 0.15) is 12.0 Å². The highest BCUT2D eigenvalue weighted by atomic mass is 19.1. The van der Waals surface area contributed by atoms with Crippen molar-refractivity contribution in [2.45, 2.75) is 0 Å². The highest BCUT2D eigenvalue weighted by molar-refractivity contribution is 5.53. The average molecular weight is 291 g/mol. The number of halogens is 1. The Hall–Kier alpha value is -2.58. The van der Waals surface area contributed by atoms with Gasteiger partial charge in [0, 0.05) is 33.2 Å². The fourth-order valence-electron chi connectivity index (χ4n) is 2.20. The Morgan fingerprint density at radius 3 is 2.62 bits per heavy atom. The zero-order valence-electron chi connectivity index (χ0n) is 11.5. The molecule has 1 aliphatic heterocycles. The second-order valence-electron chi connectivity index (χ2n) is 4.70. The first-order chi connectivity index (χ1) is 10.2. The van der Waals surface area contributed by atoms with Gasteiger partial charge in [0.15, 0.2) is 11.6 Å². The summed E-state index contributed by atoms with van der Waals surface area (Å²) in [5.74, 6) is 0.240. The van der Waals surface area contributed by atoms with E-state index >= 15 is 0 Å². The van der Waals surface area contributed by atoms with E-state index in [4.69, 9.17) is 0 Å². The van der Waals surface area contributed by atoms with Crippen LogP contribution in [0.5, 0.6) is 0 Å². The van der Waals surface area contributed by atoms with Crippen molar-refractivity contribution < 1.29 is 9.18 Å². The third-order valence-electron chi connectivity index (χ3n) is 3.40. The van der Waals surface area contributed by atoms with Gasteiger partial charge in [-0.15, -0.1) is 0 Å². The van der Waals surface area contributed by atoms with Crippen molar-refractivity contribution in [1.29, 1.82) is 0 Å². The number of hydrogen-bond donors (Lipinski definition) is 0. The fourth-order valence-corrected chi connectivity index (χ4v) is 2.20. The average Bonchev–Trinajstić information content (AvgIpc) is 2.94. The minimum Gasteiger partial charge on any atom is -0.342 e. The van der Waals surface area contributed by atoms with E-state index < -0.39 is 5.82 Å². The summed E-state index contributed by atoms with van der Waals surface area (Å²) in [5, 5.41) is 3.92. The molecule has 0 bridgehead atoms. The molecule has 2 aromatic rings. The Bertz CT molecular complexity index is 651. The van der Waals surface area contributed by atoms with Gasteiger partial charge in [0.05, 0.1) is 6.20 Å². The summed E-state index contributed by atoms with van der Waals surface area (Å²) >= 11 is 0. The predicted octanol–water partition coefficient (Wildman–Crippen LogP) is -0.310. The van der Waals surface area contributed by atoms with E-state index in [1.807, 2.05) is 4.90 Å². The van der Waals surface area contributed by atoms with Gasteiger partial charge in [-0.1, -0.05) is 0 Å². The molecular weight excluding hydrogens is 277 g/mol. The van der Waals surface area contributed by atoms with Gasteiger partial charge in [-0.05, 0) is 0 Å². The van der Waals surface area contributed by atoms with Crippen molar-refractivity contribution in [2.75, 3.05) is 31.1 Å². The summed E-state index contributed by atoms with van der Waals surface area (Å²) in [6.45, 7) is 2.43. The quantitative estimate of drug-likeness (QED) is 0.722. The molecule has 0 unspecified atom stereocenters. The number of rotatable bonds is 3. The number of piperazine rings is 1. The molecule has 0 aromatic carbocycles. The van der Waals surface area contributed by atoms with Gasteiger partial charge in [0.25, 0.3) is 0 Å². The first kappa shape index (κ1) is 13.4. The number of amides is 1. The van der Waals surface area contributed by atoms with Crippen LogP contribution >= 0.6 is 0 Å². The van der Waals surface area contributed by atoms with Gasteiger partial charge in [-0.25, -0.2) is 24.0 Å². The standard InChI is InChI=1S/C12H14FN7O/c1-18-11(15-7-16-18)10-9(13)6-14-12(17-10)20-4-2-19(8-21)3-5-20/h6-8H,2-5H2,1H3. The monoisotopic (exact) mass is 291 g/mol. The second-order valence-corrected chi connectivity index (χ2v) is 4.70. The van der Waals surface area contributed by atoms with E-state index in [0.29, 0.717) is 38.0 Å². The third kappa shape index (κ3) is 2.54. The van der Waals surface area contributed by atoms with Crippen LogP contribution in [0.4, 0.5) is 10.3 Å². The van der Waals surface area contributed by atoms with Crippen molar-refractivity contribution in [3.8, 4) is 11.5 Å². The maximum atomic E-state index is 13.9. The molecule has 0 N–H and O–H groups in total. The van der Waals surface area contributed by atoms with Crippen LogP contribution in [-0.4, -0.2) is 62.2 Å². The minimum absolute atomic E-state index is 0.123. The molecule has 0 radical (unpaired) electrons. The molecule has 9 heteroatoms. The lowest BCUT2D eigenvalue weighted by Gasteiger charge is -2.32. The summed E-state index contributed by atoms with van der Waals surface area (Å²) in [4.78, 5) is 26.6. The van der Waals surface area contributed by atoms with E-state index in [-0.39, 0.29) is 5.69 Å². The van der Waals surface area contributed by atoms with Crippen molar-refractivity contribution in [3.63, 3.8) is 0 Å². The first-order valence-electron chi connectivity index (χ1n) is 6.50. The molecule has 0 atom stereocenters. The zero-order chi connectivity index (χ0) is 14.8. The summed E-state index contributed by atoms with van der Waals surface area (Å²) in [6.07, 6.45) is 3.31. The van der Waals surface area contributed by atoms with Crippen LogP contribution in [0, 0.1) is 5.82 Å². The Morgan fingerprint density at radius 1 is 1.24 bits per heavy atom. The number of hydrogen-bond acceptors (Lipinski definition) is 6. The number of carbonyl (C=O) groups is 1. The lowest BCUT2D eigenvalue weighted by atomic mass is 10.3. The van der Waals surface area contributed by atoms with Crippen molar-refractivity contribution in [2.24, 2.45) is 7.05 Å². The third-order valence-corrected chi connectivity index (χ3v) is 3.40. The normalized spacial score (nSPS) is 15.3. The maximum absolute atomic E-state index is 13.9. The molecule has 1 fully saturated rings. The van der Waals surface area contributed by atoms with E-state index in [1.54, 1.807) is 11.9 Å². The summed E-state index contributed by atoms with van der Waals surface area (Å²) in [7, 11) is 1.67. The van der Waals surface area contributed by atoms with Crippen LogP contribution in [-0.2, 0) is 11.8 Å². The molecule has 1 saturated heterocycles. The predicted molar refractivity (Wildman–Crippen MR) is 71.8 cm³/mol. The smallest absolute Gasteiger partial charge is 0.226 e. The molecule has 0 aliphatic carbocycles. The first-order valence-corrected chi connectivity index (χ1v) is 6.50. The van der Waals surface area contributed by atoms with Gasteiger partial charge in [-0.2, -0.15) is 5.10 Å². The van der Waals surface area contributed by atoms with E-state index in [2.05, 4.69) is 20.1 Å². The molecule has 110 valence electrons. The van der Waals surface area contributed by atoms with Gasteiger partial charge in [0.2, 0.25) is 12.4 Å². The number of nitrogens with zero attached hydrogens (tertiary/aromatic N) is 7. The molecule has 21 heavy (non-hydrogen) atoms. The Kier molecular flexibility index (Phi) is 3.46. The molecule has 2 aromatic heterocycles. The van der Waals surface area contributed by atoms with Crippen molar-refractivity contribution in [1.82, 2.24) is 29.6 Å². The highest BCUT2D eigenvalue weighted by Crippen LogP contribution is 2.20. The van der Waals surface area contributed by atoms with E-state index in [0.717, 1.165) is 12.6 Å². The molecule has 3 rings (SSSR count). The van der Waals surface area contributed by atoms with Crippen LogP contribution in [0.25, 0.3) is 11.5 Å². The zero-order valence-corrected chi connectivity index (χ0v) is 11.5. The molecule has 3 heterocycles. The largest absolute Gasteiger partial charge is 0.342 e. The van der Waals surface area contributed by atoms with Gasteiger partial charge < -0.3 is 9.80 Å². The van der Waals surface area contributed by atoms with Crippen LogP contribution in [0.2, 0.25) is 0 Å². The maximum Gasteiger partial charge on any atom is 0.226 e. The number of carbonyl (C=O) groups excluding carboxylic acids is 1. The Labute approximate surface area is 120 Å². The minimum atomic E-state index is -0.540. The van der Waals surface area contributed by atoms with E-state index in [1.165, 1.54) is 11.0 Å². The molecule has 0 saturated carbocycles.